The first-order chi connectivity index (χ1) is 7.74. The minimum absolute atomic E-state index is 0.0530. The largest absolute Gasteiger partial charge is 0.374 e. The van der Waals surface area contributed by atoms with E-state index in [0.717, 1.165) is 19.3 Å². The van der Waals surface area contributed by atoms with E-state index in [1.165, 1.54) is 0 Å². The van der Waals surface area contributed by atoms with Gasteiger partial charge in [-0.1, -0.05) is 23.7 Å². The van der Waals surface area contributed by atoms with E-state index in [9.17, 15) is 4.79 Å². The minimum Gasteiger partial charge on any atom is -0.374 e. The molecule has 2 saturated heterocycles. The van der Waals surface area contributed by atoms with E-state index in [1.807, 2.05) is 12.1 Å². The van der Waals surface area contributed by atoms with Gasteiger partial charge in [0.1, 0.15) is 0 Å². The quantitative estimate of drug-likeness (QED) is 0.738. The van der Waals surface area contributed by atoms with E-state index >= 15 is 0 Å². The second-order valence-electron chi connectivity index (χ2n) is 4.59. The van der Waals surface area contributed by atoms with Crippen molar-refractivity contribution in [3.8, 4) is 0 Å². The van der Waals surface area contributed by atoms with E-state index in [0.29, 0.717) is 16.7 Å². The summed E-state index contributed by atoms with van der Waals surface area (Å²) in [4.78, 5) is 12.3. The minimum atomic E-state index is 0.0530. The lowest BCUT2D eigenvalue weighted by Gasteiger charge is -2.17. The van der Waals surface area contributed by atoms with Gasteiger partial charge in [-0.3, -0.25) is 4.79 Å². The van der Waals surface area contributed by atoms with Gasteiger partial charge in [0, 0.05) is 10.6 Å². The van der Waals surface area contributed by atoms with Crippen LogP contribution in [0.5, 0.6) is 0 Å². The van der Waals surface area contributed by atoms with Crippen molar-refractivity contribution >= 4 is 17.4 Å². The molecule has 2 bridgehead atoms. The monoisotopic (exact) mass is 236 g/mol. The molecule has 0 aliphatic carbocycles. The Hall–Kier alpha value is -0.860. The third kappa shape index (κ3) is 1.66. The van der Waals surface area contributed by atoms with Crippen LogP contribution in [-0.4, -0.2) is 18.0 Å². The maximum absolute atomic E-state index is 12.3. The molecule has 0 aromatic heterocycles. The average molecular weight is 237 g/mol. The normalized spacial score (nSPS) is 31.9. The summed E-state index contributed by atoms with van der Waals surface area (Å²) in [5.74, 6) is 0.243. The van der Waals surface area contributed by atoms with Crippen LogP contribution in [0.3, 0.4) is 0 Å². The first-order valence-corrected chi connectivity index (χ1v) is 6.07. The van der Waals surface area contributed by atoms with Crippen LogP contribution < -0.4 is 0 Å². The van der Waals surface area contributed by atoms with Crippen LogP contribution in [0.4, 0.5) is 0 Å². The number of ketones is 1. The molecule has 0 saturated carbocycles. The van der Waals surface area contributed by atoms with Gasteiger partial charge in [0.05, 0.1) is 18.1 Å². The van der Waals surface area contributed by atoms with Gasteiger partial charge in [0.2, 0.25) is 0 Å². The Labute approximate surface area is 99.6 Å². The predicted octanol–water partition coefficient (Wildman–Crippen LogP) is 3.09. The smallest absolute Gasteiger partial charge is 0.168 e. The number of hydrogen-bond acceptors (Lipinski definition) is 2. The zero-order valence-electron chi connectivity index (χ0n) is 8.86. The molecule has 0 radical (unpaired) electrons. The number of fused-ring (bicyclic) bond motifs is 2. The molecular weight excluding hydrogens is 224 g/mol. The van der Waals surface area contributed by atoms with Gasteiger partial charge in [-0.05, 0) is 31.4 Å². The fraction of sp³-hybridized carbons (Fsp3) is 0.462. The predicted molar refractivity (Wildman–Crippen MR) is 61.8 cm³/mol. The molecule has 0 spiro atoms. The summed E-state index contributed by atoms with van der Waals surface area (Å²) in [6.45, 7) is 0. The van der Waals surface area contributed by atoms with Gasteiger partial charge in [0.15, 0.2) is 5.78 Å². The molecule has 2 nitrogen and oxygen atoms in total. The number of ether oxygens (including phenoxy) is 1. The van der Waals surface area contributed by atoms with Gasteiger partial charge >= 0.3 is 0 Å². The molecule has 1 aromatic rings. The molecule has 2 aliphatic rings. The molecule has 84 valence electrons. The first kappa shape index (κ1) is 10.3. The Morgan fingerprint density at radius 2 is 2.25 bits per heavy atom. The van der Waals surface area contributed by atoms with E-state index < -0.39 is 0 Å². The lowest BCUT2D eigenvalue weighted by atomic mass is 9.84. The number of carbonyl (C=O) groups excluding carboxylic acids is 1. The standard InChI is InChI=1S/C13H13ClO2/c14-9-3-1-2-8(6-9)13(15)11-7-10-4-5-12(11)16-10/h1-3,6,10-12H,4-5,7H2. The number of Topliss-reactive ketones (excluding diaryl/α,β-unsaturated/α-hetero) is 1. The molecule has 3 unspecified atom stereocenters. The average Bonchev–Trinajstić information content (AvgIpc) is 2.89. The van der Waals surface area contributed by atoms with Crippen molar-refractivity contribution in [2.45, 2.75) is 31.5 Å². The first-order valence-electron chi connectivity index (χ1n) is 5.69. The van der Waals surface area contributed by atoms with Crippen LogP contribution in [0.25, 0.3) is 0 Å². The van der Waals surface area contributed by atoms with Crippen molar-refractivity contribution < 1.29 is 9.53 Å². The topological polar surface area (TPSA) is 26.3 Å². The molecule has 3 heteroatoms. The Bertz CT molecular complexity index is 430. The molecule has 1 aromatic carbocycles. The van der Waals surface area contributed by atoms with Crippen molar-refractivity contribution in [3.63, 3.8) is 0 Å². The van der Waals surface area contributed by atoms with E-state index in [4.69, 9.17) is 16.3 Å². The molecule has 2 fully saturated rings. The fourth-order valence-corrected chi connectivity index (χ4v) is 2.96. The van der Waals surface area contributed by atoms with Crippen molar-refractivity contribution in [2.24, 2.45) is 5.92 Å². The Morgan fingerprint density at radius 3 is 2.88 bits per heavy atom. The fourth-order valence-electron chi connectivity index (χ4n) is 2.77. The van der Waals surface area contributed by atoms with Crippen LogP contribution in [0.2, 0.25) is 5.02 Å². The lowest BCUT2D eigenvalue weighted by Crippen LogP contribution is -2.25. The maximum Gasteiger partial charge on any atom is 0.168 e. The van der Waals surface area contributed by atoms with Crippen LogP contribution >= 0.6 is 11.6 Å². The number of hydrogen-bond donors (Lipinski definition) is 0. The molecule has 3 atom stereocenters. The highest BCUT2D eigenvalue weighted by Crippen LogP contribution is 2.40. The number of benzene rings is 1. The number of halogens is 1. The Kier molecular flexibility index (Phi) is 2.49. The Morgan fingerprint density at radius 1 is 1.38 bits per heavy atom. The van der Waals surface area contributed by atoms with E-state index in [2.05, 4.69) is 0 Å². The summed E-state index contributed by atoms with van der Waals surface area (Å²) < 4.78 is 5.70. The van der Waals surface area contributed by atoms with Crippen molar-refractivity contribution in [2.75, 3.05) is 0 Å². The summed E-state index contributed by atoms with van der Waals surface area (Å²) in [6, 6.07) is 7.19. The zero-order valence-corrected chi connectivity index (χ0v) is 9.61. The number of rotatable bonds is 2. The van der Waals surface area contributed by atoms with Gasteiger partial charge in [-0.25, -0.2) is 0 Å². The van der Waals surface area contributed by atoms with Gasteiger partial charge in [0.25, 0.3) is 0 Å². The highest BCUT2D eigenvalue weighted by atomic mass is 35.5. The summed E-state index contributed by atoms with van der Waals surface area (Å²) in [5, 5.41) is 0.620. The summed E-state index contributed by atoms with van der Waals surface area (Å²) in [6.07, 6.45) is 3.50. The highest BCUT2D eigenvalue weighted by Gasteiger charge is 2.44. The van der Waals surface area contributed by atoms with Crippen molar-refractivity contribution in [1.82, 2.24) is 0 Å². The highest BCUT2D eigenvalue weighted by molar-refractivity contribution is 6.31. The van der Waals surface area contributed by atoms with Crippen LogP contribution in [-0.2, 0) is 4.74 Å². The van der Waals surface area contributed by atoms with E-state index in [1.54, 1.807) is 12.1 Å². The van der Waals surface area contributed by atoms with Crippen molar-refractivity contribution in [1.29, 1.82) is 0 Å². The van der Waals surface area contributed by atoms with E-state index in [-0.39, 0.29) is 17.8 Å². The third-order valence-corrected chi connectivity index (χ3v) is 3.79. The lowest BCUT2D eigenvalue weighted by molar-refractivity contribution is 0.0743. The number of carbonyl (C=O) groups is 1. The van der Waals surface area contributed by atoms with Gasteiger partial charge in [-0.2, -0.15) is 0 Å². The summed E-state index contributed by atoms with van der Waals surface area (Å²) >= 11 is 5.89. The SMILES string of the molecule is O=C(c1cccc(Cl)c1)C1CC2CCC1O2. The van der Waals surface area contributed by atoms with Gasteiger partial charge < -0.3 is 4.74 Å². The molecular formula is C13H13ClO2. The molecule has 2 aliphatic heterocycles. The summed E-state index contributed by atoms with van der Waals surface area (Å²) in [7, 11) is 0. The van der Waals surface area contributed by atoms with Gasteiger partial charge in [-0.15, -0.1) is 0 Å². The van der Waals surface area contributed by atoms with Crippen LogP contribution in [0.15, 0.2) is 24.3 Å². The van der Waals surface area contributed by atoms with Crippen LogP contribution in [0.1, 0.15) is 29.6 Å². The van der Waals surface area contributed by atoms with Crippen molar-refractivity contribution in [3.05, 3.63) is 34.9 Å². The Balaban J connectivity index is 1.83. The second kappa shape index (κ2) is 3.86. The second-order valence-corrected chi connectivity index (χ2v) is 5.03. The molecule has 2 heterocycles. The third-order valence-electron chi connectivity index (χ3n) is 3.55. The zero-order chi connectivity index (χ0) is 11.1. The van der Waals surface area contributed by atoms with Crippen LogP contribution in [0, 0.1) is 5.92 Å². The molecule has 3 rings (SSSR count). The summed E-state index contributed by atoms with van der Waals surface area (Å²) in [5.41, 5.74) is 0.716. The molecule has 16 heavy (non-hydrogen) atoms. The molecule has 0 N–H and O–H groups in total. The molecule has 0 amide bonds. The maximum atomic E-state index is 12.3.